The molecule has 0 fully saturated rings. The van der Waals surface area contributed by atoms with E-state index in [1.165, 1.54) is 29.3 Å². The fourth-order valence-electron chi connectivity index (χ4n) is 2.48. The molecular weight excluding hydrogens is 358 g/mol. The lowest BCUT2D eigenvalue weighted by Gasteiger charge is -2.29. The molecule has 2 aromatic rings. The molecule has 9 heteroatoms. The number of hydrogen-bond donors (Lipinski definition) is 2. The first-order chi connectivity index (χ1) is 12.5. The van der Waals surface area contributed by atoms with Gasteiger partial charge in [-0.15, -0.1) is 0 Å². The molecule has 0 aliphatic carbocycles. The number of fused-ring (bicyclic) bond motifs is 1. The summed E-state index contributed by atoms with van der Waals surface area (Å²) in [6, 6.07) is 12.6. The van der Waals surface area contributed by atoms with Crippen LogP contribution in [0, 0.1) is 0 Å². The number of benzene rings is 2. The van der Waals surface area contributed by atoms with Gasteiger partial charge in [-0.05, 0) is 30.3 Å². The van der Waals surface area contributed by atoms with Crippen molar-refractivity contribution in [1.82, 2.24) is 5.32 Å². The van der Waals surface area contributed by atoms with Crippen molar-refractivity contribution in [2.75, 3.05) is 31.3 Å². The minimum absolute atomic E-state index is 0.0870. The highest BCUT2D eigenvalue weighted by Crippen LogP contribution is 2.35. The Morgan fingerprint density at radius 2 is 1.96 bits per heavy atom. The maximum Gasteiger partial charge on any atom is 0.431 e. The van der Waals surface area contributed by atoms with E-state index in [4.69, 9.17) is 15.3 Å². The number of rotatable bonds is 5. The Labute approximate surface area is 151 Å². The standard InChI is InChI=1S/C17H19N3O5S/c18-8-9-19-17(21)25-20-10-11-24-16-7-6-14(12-15(16)20)26(22,23)13-4-2-1-3-5-13/h1-7,12H,8-11,18H2,(H,19,21). The van der Waals surface area contributed by atoms with Gasteiger partial charge in [-0.1, -0.05) is 18.2 Å². The van der Waals surface area contributed by atoms with E-state index in [0.29, 0.717) is 18.0 Å². The number of amides is 1. The molecule has 138 valence electrons. The molecular formula is C17H19N3O5S. The van der Waals surface area contributed by atoms with E-state index in [2.05, 4.69) is 5.32 Å². The van der Waals surface area contributed by atoms with Crippen molar-refractivity contribution in [2.24, 2.45) is 5.73 Å². The molecule has 0 aromatic heterocycles. The van der Waals surface area contributed by atoms with Crippen LogP contribution >= 0.6 is 0 Å². The predicted octanol–water partition coefficient (Wildman–Crippen LogP) is 1.32. The first-order valence-corrected chi connectivity index (χ1v) is 9.51. The van der Waals surface area contributed by atoms with Crippen LogP contribution in [0.1, 0.15) is 0 Å². The van der Waals surface area contributed by atoms with Crippen molar-refractivity contribution < 1.29 is 22.8 Å². The van der Waals surface area contributed by atoms with Gasteiger partial charge in [-0.3, -0.25) is 0 Å². The van der Waals surface area contributed by atoms with E-state index < -0.39 is 15.9 Å². The fourth-order valence-corrected chi connectivity index (χ4v) is 3.78. The zero-order chi connectivity index (χ0) is 18.6. The van der Waals surface area contributed by atoms with Gasteiger partial charge in [0.2, 0.25) is 9.84 Å². The molecule has 1 aliphatic heterocycles. The monoisotopic (exact) mass is 377 g/mol. The third-order valence-electron chi connectivity index (χ3n) is 3.72. The second kappa shape index (κ2) is 7.63. The van der Waals surface area contributed by atoms with Crippen molar-refractivity contribution in [1.29, 1.82) is 0 Å². The molecule has 0 saturated carbocycles. The molecule has 26 heavy (non-hydrogen) atoms. The number of ether oxygens (including phenoxy) is 1. The lowest BCUT2D eigenvalue weighted by Crippen LogP contribution is -2.40. The second-order valence-electron chi connectivity index (χ2n) is 5.49. The Morgan fingerprint density at radius 1 is 1.19 bits per heavy atom. The van der Waals surface area contributed by atoms with Crippen LogP contribution in [-0.4, -0.2) is 40.8 Å². The van der Waals surface area contributed by atoms with Crippen LogP contribution in [0.15, 0.2) is 58.3 Å². The largest absolute Gasteiger partial charge is 0.489 e. The summed E-state index contributed by atoms with van der Waals surface area (Å²) in [5.74, 6) is 0.440. The number of hydroxylamine groups is 1. The van der Waals surface area contributed by atoms with Gasteiger partial charge in [0.15, 0.2) is 0 Å². The minimum atomic E-state index is -3.69. The van der Waals surface area contributed by atoms with Gasteiger partial charge < -0.3 is 20.6 Å². The van der Waals surface area contributed by atoms with Gasteiger partial charge in [0, 0.05) is 13.1 Å². The van der Waals surface area contributed by atoms with E-state index in [1.54, 1.807) is 24.3 Å². The number of sulfone groups is 1. The van der Waals surface area contributed by atoms with Crippen LogP contribution in [0.3, 0.4) is 0 Å². The Balaban J connectivity index is 1.91. The summed E-state index contributed by atoms with van der Waals surface area (Å²) in [5, 5.41) is 3.81. The summed E-state index contributed by atoms with van der Waals surface area (Å²) < 4.78 is 31.1. The van der Waals surface area contributed by atoms with Gasteiger partial charge in [0.25, 0.3) is 0 Å². The normalized spacial score (nSPS) is 13.5. The van der Waals surface area contributed by atoms with Gasteiger partial charge in [0.1, 0.15) is 18.0 Å². The minimum Gasteiger partial charge on any atom is -0.489 e. The third-order valence-corrected chi connectivity index (χ3v) is 5.49. The summed E-state index contributed by atoms with van der Waals surface area (Å²) >= 11 is 0. The molecule has 0 unspecified atom stereocenters. The quantitative estimate of drug-likeness (QED) is 0.808. The van der Waals surface area contributed by atoms with Crippen LogP contribution in [-0.2, 0) is 14.7 Å². The molecule has 3 rings (SSSR count). The Morgan fingerprint density at radius 3 is 2.69 bits per heavy atom. The average Bonchev–Trinajstić information content (AvgIpc) is 2.67. The summed E-state index contributed by atoms with van der Waals surface area (Å²) in [7, 11) is -3.69. The van der Waals surface area contributed by atoms with E-state index in [-0.39, 0.29) is 29.4 Å². The average molecular weight is 377 g/mol. The van der Waals surface area contributed by atoms with E-state index in [0.717, 1.165) is 0 Å². The number of carbonyl (C=O) groups is 1. The molecule has 1 heterocycles. The van der Waals surface area contributed by atoms with Crippen LogP contribution in [0.4, 0.5) is 10.5 Å². The summed E-state index contributed by atoms with van der Waals surface area (Å²) in [5.41, 5.74) is 5.71. The fraction of sp³-hybridized carbons (Fsp3) is 0.235. The van der Waals surface area contributed by atoms with Crippen molar-refractivity contribution in [3.8, 4) is 5.75 Å². The van der Waals surface area contributed by atoms with E-state index in [1.807, 2.05) is 0 Å². The summed E-state index contributed by atoms with van der Waals surface area (Å²) in [6.45, 7) is 1.15. The number of hydrogen-bond acceptors (Lipinski definition) is 7. The van der Waals surface area contributed by atoms with E-state index in [9.17, 15) is 13.2 Å². The SMILES string of the molecule is NCCNC(=O)ON1CCOc2ccc(S(=O)(=O)c3ccccc3)cc21. The summed E-state index contributed by atoms with van der Waals surface area (Å²) in [6.07, 6.45) is -0.667. The zero-order valence-corrected chi connectivity index (χ0v) is 14.7. The highest BCUT2D eigenvalue weighted by Gasteiger charge is 2.26. The van der Waals surface area contributed by atoms with Gasteiger partial charge in [-0.2, -0.15) is 5.06 Å². The maximum atomic E-state index is 12.8. The molecule has 1 aliphatic rings. The summed E-state index contributed by atoms with van der Waals surface area (Å²) in [4.78, 5) is 17.3. The van der Waals surface area contributed by atoms with Gasteiger partial charge in [0.05, 0.1) is 16.3 Å². The Hall–Kier alpha value is -2.78. The topological polar surface area (TPSA) is 111 Å². The molecule has 0 bridgehead atoms. The number of anilines is 1. The molecule has 2 aromatic carbocycles. The van der Waals surface area contributed by atoms with Crippen molar-refractivity contribution in [3.63, 3.8) is 0 Å². The zero-order valence-electron chi connectivity index (χ0n) is 13.9. The highest BCUT2D eigenvalue weighted by atomic mass is 32.2. The van der Waals surface area contributed by atoms with Crippen molar-refractivity contribution in [3.05, 3.63) is 48.5 Å². The first-order valence-electron chi connectivity index (χ1n) is 8.03. The molecule has 8 nitrogen and oxygen atoms in total. The predicted molar refractivity (Wildman–Crippen MR) is 94.7 cm³/mol. The highest BCUT2D eigenvalue weighted by molar-refractivity contribution is 7.91. The smallest absolute Gasteiger partial charge is 0.431 e. The Bertz CT molecular complexity index is 887. The molecule has 0 atom stereocenters. The van der Waals surface area contributed by atoms with Crippen LogP contribution in [0.5, 0.6) is 5.75 Å². The molecule has 0 spiro atoms. The molecule has 0 saturated heterocycles. The van der Waals surface area contributed by atoms with Crippen LogP contribution < -0.4 is 20.9 Å². The van der Waals surface area contributed by atoms with E-state index >= 15 is 0 Å². The second-order valence-corrected chi connectivity index (χ2v) is 7.44. The lowest BCUT2D eigenvalue weighted by molar-refractivity contribution is 0.119. The van der Waals surface area contributed by atoms with Gasteiger partial charge >= 0.3 is 6.09 Å². The number of nitrogens with one attached hydrogen (secondary N) is 1. The number of nitrogens with zero attached hydrogens (tertiary/aromatic N) is 1. The van der Waals surface area contributed by atoms with Crippen LogP contribution in [0.2, 0.25) is 0 Å². The van der Waals surface area contributed by atoms with Crippen LogP contribution in [0.25, 0.3) is 0 Å². The molecule has 1 amide bonds. The number of carbonyl (C=O) groups excluding carboxylic acids is 1. The molecule has 0 radical (unpaired) electrons. The van der Waals surface area contributed by atoms with Crippen molar-refractivity contribution >= 4 is 21.6 Å². The van der Waals surface area contributed by atoms with Crippen molar-refractivity contribution in [2.45, 2.75) is 9.79 Å². The third kappa shape index (κ3) is 3.73. The lowest BCUT2D eigenvalue weighted by atomic mass is 10.2. The Kier molecular flexibility index (Phi) is 5.29. The molecule has 3 N–H and O–H groups in total. The first kappa shape index (κ1) is 18.0. The van der Waals surface area contributed by atoms with Gasteiger partial charge in [-0.25, -0.2) is 13.2 Å². The number of nitrogens with two attached hydrogens (primary N) is 1. The maximum absolute atomic E-state index is 12.8.